The summed E-state index contributed by atoms with van der Waals surface area (Å²) in [6.07, 6.45) is 11.2. The number of imidazole rings is 1. The molecule has 0 bridgehead atoms. The van der Waals surface area contributed by atoms with Gasteiger partial charge in [-0.05, 0) is 43.5 Å². The second kappa shape index (κ2) is 7.70. The van der Waals surface area contributed by atoms with Crippen molar-refractivity contribution in [2.24, 2.45) is 0 Å². The third kappa shape index (κ3) is 3.89. The second-order valence-corrected chi connectivity index (χ2v) is 7.05. The van der Waals surface area contributed by atoms with Gasteiger partial charge in [0.1, 0.15) is 5.82 Å². The molecule has 4 heterocycles. The van der Waals surface area contributed by atoms with Crippen LogP contribution in [-0.2, 0) is 6.54 Å². The normalized spacial score (nSPS) is 17.1. The highest BCUT2D eigenvalue weighted by atomic mass is 16.2. The van der Waals surface area contributed by atoms with E-state index in [9.17, 15) is 4.79 Å². The molecule has 0 saturated carbocycles. The summed E-state index contributed by atoms with van der Waals surface area (Å²) in [5.74, 6) is 1.34. The second-order valence-electron chi connectivity index (χ2n) is 7.05. The lowest BCUT2D eigenvalue weighted by Crippen LogP contribution is -2.39. The minimum Gasteiger partial charge on any atom is -0.338 e. The number of carbonyl (C=O) groups is 1. The van der Waals surface area contributed by atoms with Crippen LogP contribution in [0, 0.1) is 6.92 Å². The third-order valence-electron chi connectivity index (χ3n) is 5.06. The molecule has 6 heteroatoms. The number of aromatic nitrogens is 4. The molecule has 0 aliphatic carbocycles. The first kappa shape index (κ1) is 17.4. The van der Waals surface area contributed by atoms with Crippen LogP contribution in [0.25, 0.3) is 0 Å². The van der Waals surface area contributed by atoms with E-state index >= 15 is 0 Å². The molecule has 0 radical (unpaired) electrons. The number of hydrogen-bond acceptors (Lipinski definition) is 4. The predicted octanol–water partition coefficient (Wildman–Crippen LogP) is 3.05. The fourth-order valence-electron chi connectivity index (χ4n) is 3.65. The molecule has 138 valence electrons. The van der Waals surface area contributed by atoms with E-state index in [0.717, 1.165) is 43.0 Å². The number of carbonyl (C=O) groups excluding carboxylic acids is 1. The molecule has 1 saturated heterocycles. The fourth-order valence-corrected chi connectivity index (χ4v) is 3.65. The van der Waals surface area contributed by atoms with Crippen LogP contribution < -0.4 is 0 Å². The average Bonchev–Trinajstić information content (AvgIpc) is 3.17. The quantitative estimate of drug-likeness (QED) is 0.716. The van der Waals surface area contributed by atoms with Gasteiger partial charge in [0, 0.05) is 55.7 Å². The SMILES string of the molecule is Cc1ccc(C(=O)N2CCC[C@@H](c3nccn3Cc3cccnc3)C2)cn1. The zero-order valence-electron chi connectivity index (χ0n) is 15.5. The van der Waals surface area contributed by atoms with Crippen molar-refractivity contribution in [3.05, 3.63) is 77.9 Å². The fraction of sp³-hybridized carbons (Fsp3) is 0.333. The lowest BCUT2D eigenvalue weighted by Gasteiger charge is -2.32. The maximum atomic E-state index is 12.9. The van der Waals surface area contributed by atoms with Gasteiger partial charge in [-0.15, -0.1) is 0 Å². The number of piperidine rings is 1. The summed E-state index contributed by atoms with van der Waals surface area (Å²) >= 11 is 0. The Hall–Kier alpha value is -3.02. The molecule has 1 fully saturated rings. The molecule has 3 aromatic rings. The van der Waals surface area contributed by atoms with Crippen LogP contribution >= 0.6 is 0 Å². The Morgan fingerprint density at radius 1 is 1.19 bits per heavy atom. The summed E-state index contributed by atoms with van der Waals surface area (Å²) in [5, 5.41) is 0. The van der Waals surface area contributed by atoms with Crippen LogP contribution in [0.3, 0.4) is 0 Å². The van der Waals surface area contributed by atoms with Gasteiger partial charge in [-0.2, -0.15) is 0 Å². The lowest BCUT2D eigenvalue weighted by molar-refractivity contribution is 0.0703. The lowest BCUT2D eigenvalue weighted by atomic mass is 9.96. The van der Waals surface area contributed by atoms with Crippen LogP contribution in [0.2, 0.25) is 0 Å². The zero-order chi connectivity index (χ0) is 18.6. The molecule has 0 N–H and O–H groups in total. The molecule has 27 heavy (non-hydrogen) atoms. The van der Waals surface area contributed by atoms with Gasteiger partial charge in [0.2, 0.25) is 0 Å². The monoisotopic (exact) mass is 361 g/mol. The molecule has 0 aromatic carbocycles. The van der Waals surface area contributed by atoms with Gasteiger partial charge in [0.05, 0.1) is 12.1 Å². The molecule has 4 rings (SSSR count). The molecule has 3 aromatic heterocycles. The van der Waals surface area contributed by atoms with Crippen molar-refractivity contribution < 1.29 is 4.79 Å². The van der Waals surface area contributed by atoms with Crippen LogP contribution in [0.1, 0.15) is 46.2 Å². The molecular weight excluding hydrogens is 338 g/mol. The molecule has 0 spiro atoms. The molecule has 1 aliphatic rings. The van der Waals surface area contributed by atoms with Crippen molar-refractivity contribution in [3.8, 4) is 0 Å². The highest BCUT2D eigenvalue weighted by molar-refractivity contribution is 5.94. The van der Waals surface area contributed by atoms with Crippen molar-refractivity contribution in [1.29, 1.82) is 0 Å². The maximum Gasteiger partial charge on any atom is 0.255 e. The first-order chi connectivity index (χ1) is 13.2. The van der Waals surface area contributed by atoms with E-state index in [1.165, 1.54) is 0 Å². The van der Waals surface area contributed by atoms with Crippen molar-refractivity contribution in [3.63, 3.8) is 0 Å². The number of rotatable bonds is 4. The van der Waals surface area contributed by atoms with E-state index in [-0.39, 0.29) is 11.8 Å². The highest BCUT2D eigenvalue weighted by Gasteiger charge is 2.28. The Balaban J connectivity index is 1.50. The summed E-state index contributed by atoms with van der Waals surface area (Å²) in [6, 6.07) is 7.76. The number of nitrogens with zero attached hydrogens (tertiary/aromatic N) is 5. The first-order valence-electron chi connectivity index (χ1n) is 9.32. The van der Waals surface area contributed by atoms with Crippen LogP contribution in [0.4, 0.5) is 0 Å². The third-order valence-corrected chi connectivity index (χ3v) is 5.06. The number of amides is 1. The Morgan fingerprint density at radius 2 is 2.11 bits per heavy atom. The largest absolute Gasteiger partial charge is 0.338 e. The summed E-state index contributed by atoms with van der Waals surface area (Å²) in [5.41, 5.74) is 2.71. The standard InChI is InChI=1S/C21H23N5O/c1-16-6-7-18(13-24-16)21(27)26-10-3-5-19(15-26)20-23-9-11-25(20)14-17-4-2-8-22-12-17/h2,4,6-9,11-13,19H,3,5,10,14-15H2,1H3/t19-/m1/s1. The van der Waals surface area contributed by atoms with E-state index < -0.39 is 0 Å². The van der Waals surface area contributed by atoms with E-state index in [4.69, 9.17) is 0 Å². The Kier molecular flexibility index (Phi) is 4.96. The molecule has 0 unspecified atom stereocenters. The van der Waals surface area contributed by atoms with Crippen LogP contribution in [-0.4, -0.2) is 43.4 Å². The molecular formula is C21H23N5O. The van der Waals surface area contributed by atoms with E-state index in [1.54, 1.807) is 12.4 Å². The van der Waals surface area contributed by atoms with E-state index in [0.29, 0.717) is 12.1 Å². The molecule has 1 amide bonds. The van der Waals surface area contributed by atoms with Gasteiger partial charge in [-0.3, -0.25) is 14.8 Å². The Bertz CT molecular complexity index is 904. The minimum absolute atomic E-state index is 0.0533. The summed E-state index contributed by atoms with van der Waals surface area (Å²) in [6.45, 7) is 4.14. The predicted molar refractivity (Wildman–Crippen MR) is 102 cm³/mol. The minimum atomic E-state index is 0.0533. The van der Waals surface area contributed by atoms with Crippen LogP contribution in [0.15, 0.2) is 55.2 Å². The van der Waals surface area contributed by atoms with Gasteiger partial charge in [0.15, 0.2) is 0 Å². The van der Waals surface area contributed by atoms with E-state index in [2.05, 4.69) is 25.6 Å². The first-order valence-corrected chi connectivity index (χ1v) is 9.32. The zero-order valence-corrected chi connectivity index (χ0v) is 15.5. The van der Waals surface area contributed by atoms with Gasteiger partial charge in [-0.1, -0.05) is 6.07 Å². The Labute approximate surface area is 158 Å². The maximum absolute atomic E-state index is 12.9. The number of likely N-dealkylation sites (tertiary alicyclic amines) is 1. The summed E-state index contributed by atoms with van der Waals surface area (Å²) in [7, 11) is 0. The van der Waals surface area contributed by atoms with Gasteiger partial charge >= 0.3 is 0 Å². The number of hydrogen-bond donors (Lipinski definition) is 0. The number of pyridine rings is 2. The highest BCUT2D eigenvalue weighted by Crippen LogP contribution is 2.27. The molecule has 1 aliphatic heterocycles. The number of aryl methyl sites for hydroxylation is 1. The molecule has 6 nitrogen and oxygen atoms in total. The van der Waals surface area contributed by atoms with Gasteiger partial charge in [-0.25, -0.2) is 4.98 Å². The van der Waals surface area contributed by atoms with Gasteiger partial charge < -0.3 is 9.47 Å². The van der Waals surface area contributed by atoms with E-state index in [1.807, 2.05) is 48.6 Å². The Morgan fingerprint density at radius 3 is 2.89 bits per heavy atom. The molecule has 1 atom stereocenters. The topological polar surface area (TPSA) is 63.9 Å². The average molecular weight is 361 g/mol. The van der Waals surface area contributed by atoms with Crippen LogP contribution in [0.5, 0.6) is 0 Å². The summed E-state index contributed by atoms with van der Waals surface area (Å²) in [4.78, 5) is 27.8. The van der Waals surface area contributed by atoms with Crippen molar-refractivity contribution >= 4 is 5.91 Å². The van der Waals surface area contributed by atoms with Crippen molar-refractivity contribution in [1.82, 2.24) is 24.4 Å². The van der Waals surface area contributed by atoms with Gasteiger partial charge in [0.25, 0.3) is 5.91 Å². The smallest absolute Gasteiger partial charge is 0.255 e. The van der Waals surface area contributed by atoms with Crippen molar-refractivity contribution in [2.75, 3.05) is 13.1 Å². The summed E-state index contributed by atoms with van der Waals surface area (Å²) < 4.78 is 2.17. The van der Waals surface area contributed by atoms with Crippen molar-refractivity contribution in [2.45, 2.75) is 32.2 Å².